The Morgan fingerprint density at radius 2 is 0.743 bits per heavy atom. The van der Waals surface area contributed by atoms with Crippen LogP contribution in [0.25, 0.3) is 76.8 Å². The number of ether oxygens (including phenoxy) is 2. The first-order chi connectivity index (χ1) is 33.8. The van der Waals surface area contributed by atoms with E-state index in [1.807, 2.05) is 60.7 Å². The van der Waals surface area contributed by atoms with Crippen molar-refractivity contribution in [3.63, 3.8) is 0 Å². The number of carbonyl (C=O) groups excluding carboxylic acids is 2. The Morgan fingerprint density at radius 1 is 0.386 bits per heavy atom. The van der Waals surface area contributed by atoms with E-state index in [2.05, 4.69) is 139 Å². The highest BCUT2D eigenvalue weighted by Gasteiger charge is 2.46. The first-order valence-corrected chi connectivity index (χ1v) is 24.7. The normalized spacial score (nSPS) is 13.5. The molecule has 10 aromatic carbocycles. The third-order valence-electron chi connectivity index (χ3n) is 15.9. The smallest absolute Gasteiger partial charge is 0.338 e. The summed E-state index contributed by atoms with van der Waals surface area (Å²) >= 11 is 0. The van der Waals surface area contributed by atoms with Gasteiger partial charge in [0, 0.05) is 0 Å². The third kappa shape index (κ3) is 5.74. The second-order valence-electron chi connectivity index (χ2n) is 22.1. The molecule has 0 bridgehead atoms. The summed E-state index contributed by atoms with van der Waals surface area (Å²) in [5.74, 6) is -0.652. The quantitative estimate of drug-likeness (QED) is 0.0948. The number of fused-ring (bicyclic) bond motifs is 10. The van der Waals surface area contributed by atoms with Crippen LogP contribution in [0.5, 0.6) is 0 Å². The summed E-state index contributed by atoms with van der Waals surface area (Å²) in [5, 5.41) is 7.63. The summed E-state index contributed by atoms with van der Waals surface area (Å²) in [4.78, 5) is 28.6. The molecule has 0 fully saturated rings. The molecule has 0 N–H and O–H groups in total. The van der Waals surface area contributed by atoms with Crippen LogP contribution in [0.2, 0.25) is 0 Å². The van der Waals surface area contributed by atoms with Crippen molar-refractivity contribution in [2.45, 2.75) is 65.6 Å². The molecule has 0 unspecified atom stereocenters. The van der Waals surface area contributed by atoms with E-state index < -0.39 is 0 Å². The van der Waals surface area contributed by atoms with Crippen LogP contribution in [0, 0.1) is 0 Å². The van der Waals surface area contributed by atoms with E-state index in [-0.39, 0.29) is 49.4 Å². The molecule has 0 spiro atoms. The molecule has 0 aromatic heterocycles. The van der Waals surface area contributed by atoms with Gasteiger partial charge in [-0.05, 0) is 146 Å². The number of esters is 2. The van der Waals surface area contributed by atoms with E-state index in [0.717, 1.165) is 33.4 Å². The zero-order valence-electron chi connectivity index (χ0n) is 40.2. The molecule has 4 aliphatic rings. The fraction of sp³-hybridized carbons (Fsp3) is 0.156. The lowest BCUT2D eigenvalue weighted by atomic mass is 9.34. The molecule has 0 radical (unpaired) electrons. The van der Waals surface area contributed by atoms with Crippen LogP contribution >= 0.6 is 0 Å². The minimum atomic E-state index is -0.326. The second kappa shape index (κ2) is 14.4. The average Bonchev–Trinajstić information content (AvgIpc) is 3.88. The standard InChI is InChI=1S/C64H48B2O4/c1-63(2,3)49-29-41-45-27-37(61(67)69-33-35-17-9-7-10-18-35)25-43-39-21-14-16-24-52(39)66(59(43)45)54-32-48-50(64(4,5)6)30-42-46-28-38(62(68)70-34-36-19-11-8-12-20-36)26-44-40-22-13-15-23-51(40)65(60(44)46)53-31-47(49)57(55(41)54)58(48)56(42)53/h7-32H,33-34H2,1-6H3. The van der Waals surface area contributed by atoms with Crippen molar-refractivity contribution in [3.05, 3.63) is 191 Å². The van der Waals surface area contributed by atoms with E-state index in [0.29, 0.717) is 11.1 Å². The van der Waals surface area contributed by atoms with Crippen molar-refractivity contribution in [2.24, 2.45) is 0 Å². The van der Waals surface area contributed by atoms with Crippen molar-refractivity contribution in [1.29, 1.82) is 0 Å². The van der Waals surface area contributed by atoms with Gasteiger partial charge in [0.2, 0.25) is 13.4 Å². The van der Waals surface area contributed by atoms with Gasteiger partial charge in [0.15, 0.2) is 0 Å². The van der Waals surface area contributed by atoms with Crippen LogP contribution in [0.1, 0.15) is 84.5 Å². The zero-order valence-corrected chi connectivity index (χ0v) is 40.2. The summed E-state index contributed by atoms with van der Waals surface area (Å²) in [7, 11) is 0. The first kappa shape index (κ1) is 41.3. The summed E-state index contributed by atoms with van der Waals surface area (Å²) in [5.41, 5.74) is 21.9. The molecule has 0 aliphatic carbocycles. The molecule has 334 valence electrons. The Morgan fingerprint density at radius 3 is 1.13 bits per heavy atom. The van der Waals surface area contributed by atoms with Crippen LogP contribution in [0.3, 0.4) is 0 Å². The highest BCUT2D eigenvalue weighted by atomic mass is 16.5. The van der Waals surface area contributed by atoms with Crippen molar-refractivity contribution in [1.82, 2.24) is 0 Å². The fourth-order valence-electron chi connectivity index (χ4n) is 13.0. The Kier molecular flexibility index (Phi) is 8.51. The highest BCUT2D eigenvalue weighted by molar-refractivity contribution is 7.03. The van der Waals surface area contributed by atoms with Gasteiger partial charge in [-0.25, -0.2) is 9.59 Å². The van der Waals surface area contributed by atoms with Crippen LogP contribution < -0.4 is 32.8 Å². The first-order valence-electron chi connectivity index (χ1n) is 24.7. The van der Waals surface area contributed by atoms with Gasteiger partial charge in [0.25, 0.3) is 0 Å². The lowest BCUT2D eigenvalue weighted by molar-refractivity contribution is 0.0464. The van der Waals surface area contributed by atoms with E-state index in [1.54, 1.807) is 0 Å². The Hall–Kier alpha value is -7.69. The van der Waals surface area contributed by atoms with Gasteiger partial charge in [-0.3, -0.25) is 0 Å². The van der Waals surface area contributed by atoms with Gasteiger partial charge in [-0.1, -0.05) is 196 Å². The molecule has 0 saturated carbocycles. The van der Waals surface area contributed by atoms with Gasteiger partial charge >= 0.3 is 11.9 Å². The molecule has 0 saturated heterocycles. The molecular formula is C64H48B2O4. The second-order valence-corrected chi connectivity index (χ2v) is 22.1. The minimum Gasteiger partial charge on any atom is -0.457 e. The molecule has 6 heteroatoms. The van der Waals surface area contributed by atoms with Crippen molar-refractivity contribution >= 4 is 90.5 Å². The number of rotatable bonds is 6. The van der Waals surface area contributed by atoms with E-state index in [4.69, 9.17) is 9.47 Å². The molecule has 4 heterocycles. The molecule has 10 aromatic rings. The molecule has 4 nitrogen and oxygen atoms in total. The maximum atomic E-state index is 14.3. The molecule has 4 aliphatic heterocycles. The molecular weight excluding hydrogens is 854 g/mol. The minimum absolute atomic E-state index is 0.0236. The number of hydrogen-bond acceptors (Lipinski definition) is 4. The summed E-state index contributed by atoms with van der Waals surface area (Å²) in [6.45, 7) is 14.4. The van der Waals surface area contributed by atoms with Crippen LogP contribution in [-0.4, -0.2) is 25.4 Å². The topological polar surface area (TPSA) is 52.6 Å². The van der Waals surface area contributed by atoms with Gasteiger partial charge in [0.05, 0.1) is 11.1 Å². The van der Waals surface area contributed by atoms with E-state index in [9.17, 15) is 9.59 Å². The molecule has 0 amide bonds. The lowest BCUT2D eigenvalue weighted by Crippen LogP contribution is -2.53. The van der Waals surface area contributed by atoms with Gasteiger partial charge in [0.1, 0.15) is 13.2 Å². The van der Waals surface area contributed by atoms with Crippen LogP contribution in [0.15, 0.2) is 158 Å². The van der Waals surface area contributed by atoms with Crippen LogP contribution in [-0.2, 0) is 33.5 Å². The Balaban J connectivity index is 1.08. The van der Waals surface area contributed by atoms with Gasteiger partial charge in [-0.2, -0.15) is 0 Å². The maximum absolute atomic E-state index is 14.3. The van der Waals surface area contributed by atoms with Crippen molar-refractivity contribution < 1.29 is 19.1 Å². The predicted molar refractivity (Wildman–Crippen MR) is 290 cm³/mol. The Bertz CT molecular complexity index is 3690. The fourth-order valence-corrected chi connectivity index (χ4v) is 13.0. The number of hydrogen-bond donors (Lipinski definition) is 0. The largest absolute Gasteiger partial charge is 0.457 e. The maximum Gasteiger partial charge on any atom is 0.338 e. The average molecular weight is 903 g/mol. The zero-order chi connectivity index (χ0) is 47.5. The number of carbonyl (C=O) groups is 2. The lowest BCUT2D eigenvalue weighted by Gasteiger charge is -2.35. The molecule has 14 rings (SSSR count). The van der Waals surface area contributed by atoms with Crippen molar-refractivity contribution in [3.8, 4) is 44.5 Å². The summed E-state index contributed by atoms with van der Waals surface area (Å²) in [6.07, 6.45) is 0. The monoisotopic (exact) mass is 902 g/mol. The SMILES string of the molecule is CC(C)(C)c1cc2c3c(cc4c(C(C)(C)C)cc5c6c(cc1c3c46)B1c3ccccc3-c3cc(C(=O)OCc4ccccc4)cc-5c31)B1c3ccccc3-c3cc(C(=O)OCc4ccccc4)cc-2c31. The van der Waals surface area contributed by atoms with Crippen molar-refractivity contribution in [2.75, 3.05) is 0 Å². The van der Waals surface area contributed by atoms with Gasteiger partial charge in [-0.15, -0.1) is 0 Å². The van der Waals surface area contributed by atoms with Crippen LogP contribution in [0.4, 0.5) is 0 Å². The van der Waals surface area contributed by atoms with E-state index in [1.165, 1.54) is 98.5 Å². The van der Waals surface area contributed by atoms with Gasteiger partial charge < -0.3 is 9.47 Å². The van der Waals surface area contributed by atoms with E-state index >= 15 is 0 Å². The third-order valence-corrected chi connectivity index (χ3v) is 15.9. The number of benzene rings is 10. The molecule has 0 atom stereocenters. The predicted octanol–water partition coefficient (Wildman–Crippen LogP) is 10.8. The summed E-state index contributed by atoms with van der Waals surface area (Å²) in [6, 6.07) is 55.8. The molecule has 70 heavy (non-hydrogen) atoms. The highest BCUT2D eigenvalue weighted by Crippen LogP contribution is 2.51. The summed E-state index contributed by atoms with van der Waals surface area (Å²) < 4.78 is 12.2. The Labute approximate surface area is 408 Å².